The molecule has 144 valence electrons. The topological polar surface area (TPSA) is 18.8 Å². The Morgan fingerprint density at radius 2 is 1.69 bits per heavy atom. The van der Waals surface area contributed by atoms with Gasteiger partial charge in [-0.1, -0.05) is 62.9 Å². The third-order valence-corrected chi connectivity index (χ3v) is 7.77. The smallest absolute Gasteiger partial charge is 0.163 e. The SMILES string of the molecule is C=C1c2cccc3c2N2C(=NN(c4ccsc4)C2C1(CC)CC)c1ccccc1-3. The van der Waals surface area contributed by atoms with Crippen LogP contribution in [0.3, 0.4) is 0 Å². The van der Waals surface area contributed by atoms with Crippen LogP contribution in [0.15, 0.2) is 71.0 Å². The number of hydrazone groups is 1. The van der Waals surface area contributed by atoms with Gasteiger partial charge in [0, 0.05) is 27.5 Å². The maximum absolute atomic E-state index is 5.25. The molecule has 3 aromatic rings. The van der Waals surface area contributed by atoms with Crippen molar-refractivity contribution in [3.63, 3.8) is 0 Å². The fraction of sp³-hybridized carbons (Fsp3) is 0.240. The third-order valence-electron chi connectivity index (χ3n) is 7.09. The summed E-state index contributed by atoms with van der Waals surface area (Å²) in [6.45, 7) is 9.27. The zero-order chi connectivity index (χ0) is 19.8. The van der Waals surface area contributed by atoms with E-state index in [1.54, 1.807) is 11.3 Å². The Bertz CT molecular complexity index is 1170. The molecule has 29 heavy (non-hydrogen) atoms. The van der Waals surface area contributed by atoms with Gasteiger partial charge < -0.3 is 0 Å². The zero-order valence-electron chi connectivity index (χ0n) is 16.7. The first kappa shape index (κ1) is 17.0. The lowest BCUT2D eigenvalue weighted by Crippen LogP contribution is -2.57. The summed E-state index contributed by atoms with van der Waals surface area (Å²) < 4.78 is 0. The van der Waals surface area contributed by atoms with Crippen LogP contribution in [0.1, 0.15) is 37.8 Å². The minimum atomic E-state index is -0.0644. The lowest BCUT2D eigenvalue weighted by molar-refractivity contribution is 0.289. The minimum absolute atomic E-state index is 0.0644. The van der Waals surface area contributed by atoms with Crippen molar-refractivity contribution in [2.24, 2.45) is 10.5 Å². The predicted octanol–water partition coefficient (Wildman–Crippen LogP) is 6.58. The average molecular weight is 398 g/mol. The largest absolute Gasteiger partial charge is 0.299 e. The monoisotopic (exact) mass is 397 g/mol. The molecule has 2 aromatic carbocycles. The van der Waals surface area contributed by atoms with Crippen molar-refractivity contribution in [3.8, 4) is 11.1 Å². The van der Waals surface area contributed by atoms with Gasteiger partial charge in [-0.05, 0) is 35.4 Å². The molecule has 3 nitrogen and oxygen atoms in total. The Kier molecular flexibility index (Phi) is 3.43. The summed E-state index contributed by atoms with van der Waals surface area (Å²) in [7, 11) is 0. The second-order valence-corrected chi connectivity index (χ2v) is 8.86. The predicted molar refractivity (Wildman–Crippen MR) is 124 cm³/mol. The molecule has 0 radical (unpaired) electrons. The highest BCUT2D eigenvalue weighted by Gasteiger charge is 2.56. The lowest BCUT2D eigenvalue weighted by Gasteiger charge is -2.52. The molecule has 0 saturated carbocycles. The number of thiophene rings is 1. The number of anilines is 2. The second kappa shape index (κ2) is 5.83. The summed E-state index contributed by atoms with van der Waals surface area (Å²) in [6, 6.07) is 17.5. The van der Waals surface area contributed by atoms with E-state index in [1.807, 2.05) is 0 Å². The van der Waals surface area contributed by atoms with Crippen LogP contribution in [-0.2, 0) is 0 Å². The molecule has 0 bridgehead atoms. The van der Waals surface area contributed by atoms with E-state index < -0.39 is 0 Å². The Morgan fingerprint density at radius 1 is 0.966 bits per heavy atom. The number of amidine groups is 1. The molecule has 4 heteroatoms. The molecule has 0 spiro atoms. The standard InChI is InChI=1S/C25H23N3S/c1-4-25(5-2)16(3)18-11-8-12-20-19-9-6-7-10-21(19)23-26-28(17-13-14-29-15-17)24(25)27(23)22(18)20/h6-15,24H,3-5H2,1-2H3. The van der Waals surface area contributed by atoms with E-state index in [4.69, 9.17) is 5.10 Å². The van der Waals surface area contributed by atoms with Gasteiger partial charge in [0.25, 0.3) is 0 Å². The van der Waals surface area contributed by atoms with E-state index in [1.165, 1.54) is 39.2 Å². The molecule has 0 saturated heterocycles. The number of benzene rings is 2. The third kappa shape index (κ3) is 1.95. The van der Waals surface area contributed by atoms with E-state index in [0.717, 1.165) is 18.7 Å². The summed E-state index contributed by atoms with van der Waals surface area (Å²) >= 11 is 1.72. The van der Waals surface area contributed by atoms with Gasteiger partial charge in [0.05, 0.1) is 11.4 Å². The van der Waals surface area contributed by atoms with Crippen LogP contribution in [0.2, 0.25) is 0 Å². The molecule has 6 rings (SSSR count). The van der Waals surface area contributed by atoms with E-state index >= 15 is 0 Å². The number of hydrogen-bond acceptors (Lipinski definition) is 4. The first-order valence-corrected chi connectivity index (χ1v) is 11.3. The van der Waals surface area contributed by atoms with Crippen LogP contribution in [0.4, 0.5) is 11.4 Å². The van der Waals surface area contributed by atoms with Gasteiger partial charge in [0.1, 0.15) is 6.17 Å². The summed E-state index contributed by atoms with van der Waals surface area (Å²) in [4.78, 5) is 2.51. The van der Waals surface area contributed by atoms with Crippen molar-refractivity contribution < 1.29 is 0 Å². The summed E-state index contributed by atoms with van der Waals surface area (Å²) in [6.07, 6.45) is 2.16. The summed E-state index contributed by atoms with van der Waals surface area (Å²) in [5.74, 6) is 1.07. The van der Waals surface area contributed by atoms with Crippen molar-refractivity contribution in [2.45, 2.75) is 32.9 Å². The van der Waals surface area contributed by atoms with Crippen LogP contribution in [-0.4, -0.2) is 12.0 Å². The van der Waals surface area contributed by atoms with Crippen molar-refractivity contribution >= 4 is 34.1 Å². The van der Waals surface area contributed by atoms with Crippen LogP contribution in [0.5, 0.6) is 0 Å². The number of fused-ring (bicyclic) bond motifs is 3. The number of hydrogen-bond donors (Lipinski definition) is 0. The summed E-state index contributed by atoms with van der Waals surface area (Å²) in [5.41, 5.74) is 8.66. The first-order chi connectivity index (χ1) is 14.2. The maximum atomic E-state index is 5.25. The second-order valence-electron chi connectivity index (χ2n) is 8.08. The Labute approximate surface area is 175 Å². The first-order valence-electron chi connectivity index (χ1n) is 10.3. The molecule has 0 amide bonds. The van der Waals surface area contributed by atoms with Crippen molar-refractivity contribution in [3.05, 3.63) is 77.0 Å². The molecule has 0 N–H and O–H groups in total. The Hall–Kier alpha value is -2.85. The summed E-state index contributed by atoms with van der Waals surface area (Å²) in [5, 5.41) is 11.8. The lowest BCUT2D eigenvalue weighted by atomic mass is 9.66. The van der Waals surface area contributed by atoms with Gasteiger partial charge in [0.15, 0.2) is 5.84 Å². The average Bonchev–Trinajstić information content (AvgIpc) is 3.43. The van der Waals surface area contributed by atoms with Gasteiger partial charge >= 0.3 is 0 Å². The molecule has 3 aliphatic heterocycles. The van der Waals surface area contributed by atoms with Crippen molar-refractivity contribution in [1.82, 2.24) is 0 Å². The molecule has 1 unspecified atom stereocenters. The number of nitrogens with zero attached hydrogens (tertiary/aromatic N) is 3. The molecule has 1 aromatic heterocycles. The van der Waals surface area contributed by atoms with Gasteiger partial charge in [-0.3, -0.25) is 4.90 Å². The van der Waals surface area contributed by atoms with E-state index in [2.05, 4.69) is 89.6 Å². The van der Waals surface area contributed by atoms with Crippen LogP contribution in [0, 0.1) is 5.41 Å². The van der Waals surface area contributed by atoms with Gasteiger partial charge in [-0.2, -0.15) is 16.4 Å². The fourth-order valence-electron chi connectivity index (χ4n) is 5.55. The van der Waals surface area contributed by atoms with Crippen LogP contribution < -0.4 is 9.91 Å². The van der Waals surface area contributed by atoms with Gasteiger partial charge in [-0.25, -0.2) is 5.01 Å². The van der Waals surface area contributed by atoms with E-state index in [9.17, 15) is 0 Å². The van der Waals surface area contributed by atoms with Gasteiger partial charge in [0.2, 0.25) is 0 Å². The Morgan fingerprint density at radius 3 is 2.41 bits per heavy atom. The van der Waals surface area contributed by atoms with E-state index in [-0.39, 0.29) is 11.6 Å². The molecule has 0 aliphatic carbocycles. The van der Waals surface area contributed by atoms with Gasteiger partial charge in [-0.15, -0.1) is 0 Å². The quantitative estimate of drug-likeness (QED) is 0.497. The minimum Gasteiger partial charge on any atom is -0.299 e. The number of para-hydroxylation sites is 1. The van der Waals surface area contributed by atoms with Crippen molar-refractivity contribution in [2.75, 3.05) is 9.91 Å². The molecule has 1 atom stereocenters. The van der Waals surface area contributed by atoms with E-state index in [0.29, 0.717) is 0 Å². The van der Waals surface area contributed by atoms with Crippen LogP contribution in [0.25, 0.3) is 16.7 Å². The fourth-order valence-corrected chi connectivity index (χ4v) is 6.18. The molecule has 4 heterocycles. The van der Waals surface area contributed by atoms with Crippen molar-refractivity contribution in [1.29, 1.82) is 0 Å². The molecule has 3 aliphatic rings. The highest BCUT2D eigenvalue weighted by Crippen LogP contribution is 2.59. The Balaban J connectivity index is 1.73. The normalized spacial score (nSPS) is 20.4. The maximum Gasteiger partial charge on any atom is 0.163 e. The zero-order valence-corrected chi connectivity index (χ0v) is 17.5. The van der Waals surface area contributed by atoms with Crippen LogP contribution >= 0.6 is 11.3 Å². The molecular weight excluding hydrogens is 374 g/mol. The highest BCUT2D eigenvalue weighted by atomic mass is 32.1. The number of rotatable bonds is 3. The molecular formula is C25H23N3S. The highest BCUT2D eigenvalue weighted by molar-refractivity contribution is 7.08. The molecule has 0 fully saturated rings.